The van der Waals surface area contributed by atoms with Gasteiger partial charge in [0.25, 0.3) is 0 Å². The predicted octanol–water partition coefficient (Wildman–Crippen LogP) is 0.911. The maximum Gasteiger partial charge on any atom is 0.248 e. The standard InChI is InChI=1S/C17H23N5O3S/c1-10(2)15(22-9-12(19-20-22)14-5-4-6-26-14)17(25)21-8-11(23)7-13(21)16(24)18-3/h4-6,9-11,13,15,23H,7-8H2,1-3H3,(H,18,24)/t11-,13+,15?/m1/s1. The SMILES string of the molecule is CNC(=O)[C@@H]1C[C@@H](O)CN1C(=O)C(C(C)C)n1cc(-c2cccs2)nn1. The van der Waals surface area contributed by atoms with Gasteiger partial charge in [-0.2, -0.15) is 0 Å². The van der Waals surface area contributed by atoms with Crippen LogP contribution in [0.5, 0.6) is 0 Å². The smallest absolute Gasteiger partial charge is 0.248 e. The Kier molecular flexibility index (Phi) is 5.38. The number of nitrogens with zero attached hydrogens (tertiary/aromatic N) is 4. The lowest BCUT2D eigenvalue weighted by molar-refractivity contribution is -0.142. The maximum atomic E-state index is 13.2. The Morgan fingerprint density at radius 3 is 2.81 bits per heavy atom. The van der Waals surface area contributed by atoms with Crippen LogP contribution in [0.25, 0.3) is 10.6 Å². The molecule has 0 saturated carbocycles. The molecule has 0 aliphatic carbocycles. The maximum absolute atomic E-state index is 13.2. The van der Waals surface area contributed by atoms with Gasteiger partial charge in [-0.1, -0.05) is 25.1 Å². The summed E-state index contributed by atoms with van der Waals surface area (Å²) in [6.07, 6.45) is 1.30. The number of aliphatic hydroxyl groups excluding tert-OH is 1. The van der Waals surface area contributed by atoms with E-state index in [-0.39, 0.29) is 30.7 Å². The van der Waals surface area contributed by atoms with Crippen LogP contribution in [-0.4, -0.2) is 62.6 Å². The van der Waals surface area contributed by atoms with Crippen molar-refractivity contribution >= 4 is 23.2 Å². The van der Waals surface area contributed by atoms with Crippen molar-refractivity contribution < 1.29 is 14.7 Å². The van der Waals surface area contributed by atoms with Crippen molar-refractivity contribution in [2.45, 2.75) is 38.5 Å². The minimum Gasteiger partial charge on any atom is -0.391 e. The second kappa shape index (κ2) is 7.55. The number of likely N-dealkylation sites (tertiary alicyclic amines) is 1. The molecule has 0 bridgehead atoms. The number of nitrogens with one attached hydrogen (secondary N) is 1. The molecule has 1 unspecified atom stereocenters. The average Bonchev–Trinajstić information content (AvgIpc) is 3.33. The second-order valence-corrected chi connectivity index (χ2v) is 7.71. The Morgan fingerprint density at radius 1 is 1.42 bits per heavy atom. The van der Waals surface area contributed by atoms with Gasteiger partial charge >= 0.3 is 0 Å². The zero-order valence-electron chi connectivity index (χ0n) is 15.0. The van der Waals surface area contributed by atoms with Crippen LogP contribution in [0.15, 0.2) is 23.7 Å². The third-order valence-electron chi connectivity index (χ3n) is 4.56. The van der Waals surface area contributed by atoms with E-state index in [9.17, 15) is 14.7 Å². The largest absolute Gasteiger partial charge is 0.391 e. The molecule has 3 atom stereocenters. The van der Waals surface area contributed by atoms with Crippen molar-refractivity contribution in [2.75, 3.05) is 13.6 Å². The van der Waals surface area contributed by atoms with Gasteiger partial charge in [0.2, 0.25) is 11.8 Å². The normalized spacial score (nSPS) is 21.2. The molecule has 2 aromatic heterocycles. The molecule has 0 radical (unpaired) electrons. The van der Waals surface area contributed by atoms with E-state index < -0.39 is 18.2 Å². The summed E-state index contributed by atoms with van der Waals surface area (Å²) in [6.45, 7) is 4.00. The Balaban J connectivity index is 1.88. The van der Waals surface area contributed by atoms with E-state index in [4.69, 9.17) is 0 Å². The molecule has 2 aromatic rings. The van der Waals surface area contributed by atoms with Crippen LogP contribution in [0.3, 0.4) is 0 Å². The molecule has 26 heavy (non-hydrogen) atoms. The van der Waals surface area contributed by atoms with E-state index in [1.807, 2.05) is 31.4 Å². The molecule has 140 valence electrons. The summed E-state index contributed by atoms with van der Waals surface area (Å²) in [7, 11) is 1.53. The van der Waals surface area contributed by atoms with Crippen LogP contribution in [-0.2, 0) is 9.59 Å². The molecular weight excluding hydrogens is 354 g/mol. The fourth-order valence-electron chi connectivity index (χ4n) is 3.30. The summed E-state index contributed by atoms with van der Waals surface area (Å²) < 4.78 is 1.56. The van der Waals surface area contributed by atoms with E-state index in [0.29, 0.717) is 5.69 Å². The number of amides is 2. The minimum atomic E-state index is -0.702. The van der Waals surface area contributed by atoms with Crippen molar-refractivity contribution in [3.8, 4) is 10.6 Å². The highest BCUT2D eigenvalue weighted by atomic mass is 32.1. The van der Waals surface area contributed by atoms with Gasteiger partial charge in [0.05, 0.1) is 17.2 Å². The quantitative estimate of drug-likeness (QED) is 0.807. The summed E-state index contributed by atoms with van der Waals surface area (Å²) in [5.41, 5.74) is 0.711. The number of hydrogen-bond acceptors (Lipinski definition) is 6. The van der Waals surface area contributed by atoms with Gasteiger partial charge < -0.3 is 15.3 Å². The van der Waals surface area contributed by atoms with Crippen molar-refractivity contribution in [2.24, 2.45) is 5.92 Å². The van der Waals surface area contributed by atoms with Gasteiger partial charge in [0.15, 0.2) is 0 Å². The highest BCUT2D eigenvalue weighted by molar-refractivity contribution is 7.13. The summed E-state index contributed by atoms with van der Waals surface area (Å²) in [4.78, 5) is 27.8. The Morgan fingerprint density at radius 2 is 2.19 bits per heavy atom. The lowest BCUT2D eigenvalue weighted by atomic mass is 10.0. The summed E-state index contributed by atoms with van der Waals surface area (Å²) in [5, 5.41) is 22.8. The van der Waals surface area contributed by atoms with E-state index in [1.54, 1.807) is 22.2 Å². The number of carbonyl (C=O) groups excluding carboxylic acids is 2. The molecule has 0 aromatic carbocycles. The molecule has 2 N–H and O–H groups in total. The lowest BCUT2D eigenvalue weighted by Crippen LogP contribution is -2.48. The van der Waals surface area contributed by atoms with Gasteiger partial charge in [-0.3, -0.25) is 9.59 Å². The van der Waals surface area contributed by atoms with Crippen LogP contribution in [0.1, 0.15) is 26.3 Å². The highest BCUT2D eigenvalue weighted by Gasteiger charge is 2.42. The predicted molar refractivity (Wildman–Crippen MR) is 97.4 cm³/mol. The monoisotopic (exact) mass is 377 g/mol. The number of rotatable bonds is 5. The molecule has 9 heteroatoms. The van der Waals surface area contributed by atoms with Crippen LogP contribution < -0.4 is 5.32 Å². The summed E-state index contributed by atoms with van der Waals surface area (Å²) in [5.74, 6) is -0.550. The molecule has 1 aliphatic heterocycles. The van der Waals surface area contributed by atoms with Crippen molar-refractivity contribution in [3.63, 3.8) is 0 Å². The zero-order chi connectivity index (χ0) is 18.8. The van der Waals surface area contributed by atoms with Gasteiger partial charge in [0.1, 0.15) is 17.8 Å². The topological polar surface area (TPSA) is 100 Å². The number of hydrogen-bond donors (Lipinski definition) is 2. The number of likely N-dealkylation sites (N-methyl/N-ethyl adjacent to an activating group) is 1. The third-order valence-corrected chi connectivity index (χ3v) is 5.46. The number of carbonyl (C=O) groups is 2. The van der Waals surface area contributed by atoms with Crippen molar-refractivity contribution in [1.29, 1.82) is 0 Å². The number of thiophene rings is 1. The van der Waals surface area contributed by atoms with E-state index in [0.717, 1.165) is 4.88 Å². The molecule has 2 amide bonds. The van der Waals surface area contributed by atoms with Crippen LogP contribution in [0, 0.1) is 5.92 Å². The fraction of sp³-hybridized carbons (Fsp3) is 0.529. The van der Waals surface area contributed by atoms with Gasteiger partial charge in [0, 0.05) is 20.0 Å². The number of aliphatic hydroxyl groups is 1. The van der Waals surface area contributed by atoms with Crippen molar-refractivity contribution in [3.05, 3.63) is 23.7 Å². The number of β-amino-alcohol motifs (C(OH)–C–C–N with tert-alkyl or cyclic N) is 1. The van der Waals surface area contributed by atoms with Crippen LogP contribution in [0.4, 0.5) is 0 Å². The number of aromatic nitrogens is 3. The fourth-order valence-corrected chi connectivity index (χ4v) is 3.97. The first-order valence-electron chi connectivity index (χ1n) is 8.58. The first-order chi connectivity index (χ1) is 12.4. The van der Waals surface area contributed by atoms with E-state index in [1.165, 1.54) is 11.9 Å². The van der Waals surface area contributed by atoms with Crippen LogP contribution in [0.2, 0.25) is 0 Å². The Bertz CT molecular complexity index is 773. The molecular formula is C17H23N5O3S. The molecule has 3 heterocycles. The van der Waals surface area contributed by atoms with Gasteiger partial charge in [-0.15, -0.1) is 16.4 Å². The summed E-state index contributed by atoms with van der Waals surface area (Å²) >= 11 is 1.55. The molecule has 1 aliphatic rings. The Hall–Kier alpha value is -2.26. The minimum absolute atomic E-state index is 0.0523. The second-order valence-electron chi connectivity index (χ2n) is 6.76. The highest BCUT2D eigenvalue weighted by Crippen LogP contribution is 2.28. The third kappa shape index (κ3) is 3.49. The molecule has 1 fully saturated rings. The van der Waals surface area contributed by atoms with Gasteiger partial charge in [-0.05, 0) is 17.4 Å². The first kappa shape index (κ1) is 18.5. The van der Waals surface area contributed by atoms with E-state index in [2.05, 4.69) is 15.6 Å². The molecule has 8 nitrogen and oxygen atoms in total. The average molecular weight is 377 g/mol. The van der Waals surface area contributed by atoms with Crippen molar-refractivity contribution in [1.82, 2.24) is 25.2 Å². The Labute approximate surface area is 155 Å². The molecule has 3 rings (SSSR count). The molecule has 0 spiro atoms. The lowest BCUT2D eigenvalue weighted by Gasteiger charge is -2.29. The first-order valence-corrected chi connectivity index (χ1v) is 9.46. The zero-order valence-corrected chi connectivity index (χ0v) is 15.8. The summed E-state index contributed by atoms with van der Waals surface area (Å²) in [6, 6.07) is 2.63. The van der Waals surface area contributed by atoms with Gasteiger partial charge in [-0.25, -0.2) is 4.68 Å². The van der Waals surface area contributed by atoms with Crippen LogP contribution >= 0.6 is 11.3 Å². The molecule has 1 saturated heterocycles. The van der Waals surface area contributed by atoms with E-state index >= 15 is 0 Å².